The third-order valence-corrected chi connectivity index (χ3v) is 5.21. The van der Waals surface area contributed by atoms with Gasteiger partial charge in [0.1, 0.15) is 5.69 Å². The summed E-state index contributed by atoms with van der Waals surface area (Å²) in [7, 11) is 1.33. The van der Waals surface area contributed by atoms with Crippen LogP contribution >= 0.6 is 0 Å². The fraction of sp³-hybridized carbons (Fsp3) is 0.200. The number of H-pyrrole nitrogens is 1. The zero-order valence-corrected chi connectivity index (χ0v) is 15.6. The highest BCUT2D eigenvalue weighted by molar-refractivity contribution is 6.04. The van der Waals surface area contributed by atoms with E-state index in [2.05, 4.69) is 4.98 Å². The zero-order valence-electron chi connectivity index (χ0n) is 15.6. The van der Waals surface area contributed by atoms with Crippen molar-refractivity contribution in [1.29, 1.82) is 0 Å². The average Bonchev–Trinajstić information content (AvgIpc) is 3.10. The Labute approximate surface area is 165 Å². The summed E-state index contributed by atoms with van der Waals surface area (Å²) in [5.74, 6) is -1.14. The van der Waals surface area contributed by atoms with Crippen LogP contribution in [0, 0.1) is 10.1 Å². The number of ether oxygens (including phenoxy) is 1. The van der Waals surface area contributed by atoms with Crippen LogP contribution in [-0.4, -0.2) is 35.4 Å². The molecule has 2 aromatic carbocycles. The van der Waals surface area contributed by atoms with Crippen molar-refractivity contribution in [2.24, 2.45) is 5.73 Å². The summed E-state index contributed by atoms with van der Waals surface area (Å²) in [6, 6.07) is 9.64. The van der Waals surface area contributed by atoms with Crippen molar-refractivity contribution >= 4 is 34.2 Å². The first-order valence-electron chi connectivity index (χ1n) is 8.94. The van der Waals surface area contributed by atoms with E-state index in [1.165, 1.54) is 19.2 Å². The van der Waals surface area contributed by atoms with Gasteiger partial charge in [-0.2, -0.15) is 0 Å². The van der Waals surface area contributed by atoms with Crippen molar-refractivity contribution in [1.82, 2.24) is 4.98 Å². The largest absolute Gasteiger partial charge is 0.465 e. The fourth-order valence-corrected chi connectivity index (χ4v) is 3.81. The Kier molecular flexibility index (Phi) is 4.42. The fourth-order valence-electron chi connectivity index (χ4n) is 3.81. The standard InChI is InChI=1S/C20H18N4O5/c1-29-20(26)13-4-2-3-12-14-10-23(8-7-15(14)22-18(12)13)16-6-5-11(19(21)25)9-17(16)24(27)28/h2-6,9,22H,7-8,10H2,1H3,(H2,21,25). The first kappa shape index (κ1) is 18.5. The van der Waals surface area contributed by atoms with Crippen molar-refractivity contribution < 1.29 is 19.2 Å². The van der Waals surface area contributed by atoms with Gasteiger partial charge < -0.3 is 20.4 Å². The molecule has 0 aliphatic carbocycles. The number of aromatic amines is 1. The number of hydrogen-bond acceptors (Lipinski definition) is 6. The monoisotopic (exact) mass is 394 g/mol. The third kappa shape index (κ3) is 3.06. The zero-order chi connectivity index (χ0) is 20.7. The highest BCUT2D eigenvalue weighted by atomic mass is 16.6. The molecule has 4 rings (SSSR count). The Morgan fingerprint density at radius 3 is 2.76 bits per heavy atom. The number of benzene rings is 2. The molecule has 1 aliphatic heterocycles. The maximum absolute atomic E-state index is 12.1. The minimum absolute atomic E-state index is 0.0907. The summed E-state index contributed by atoms with van der Waals surface area (Å²) >= 11 is 0. The highest BCUT2D eigenvalue weighted by Gasteiger charge is 2.27. The van der Waals surface area contributed by atoms with Crippen LogP contribution in [0.4, 0.5) is 11.4 Å². The van der Waals surface area contributed by atoms with E-state index < -0.39 is 16.8 Å². The van der Waals surface area contributed by atoms with Crippen LogP contribution in [0.2, 0.25) is 0 Å². The molecule has 2 heterocycles. The second-order valence-electron chi connectivity index (χ2n) is 6.80. The minimum atomic E-state index is -0.715. The molecular formula is C20H18N4O5. The molecule has 0 fully saturated rings. The lowest BCUT2D eigenvalue weighted by Gasteiger charge is -2.29. The number of nitrogens with two attached hydrogens (primary N) is 1. The Morgan fingerprint density at radius 1 is 1.28 bits per heavy atom. The van der Waals surface area contributed by atoms with Crippen molar-refractivity contribution in [2.75, 3.05) is 18.6 Å². The Hall–Kier alpha value is -3.88. The van der Waals surface area contributed by atoms with E-state index in [1.54, 1.807) is 18.2 Å². The molecule has 1 aromatic heterocycles. The number of primary amides is 1. The number of amides is 1. The molecule has 3 aromatic rings. The van der Waals surface area contributed by atoms with Crippen LogP contribution < -0.4 is 10.6 Å². The van der Waals surface area contributed by atoms with E-state index in [9.17, 15) is 19.7 Å². The molecule has 148 valence electrons. The summed E-state index contributed by atoms with van der Waals surface area (Å²) in [5, 5.41) is 12.4. The Morgan fingerprint density at radius 2 is 2.07 bits per heavy atom. The molecule has 3 N–H and O–H groups in total. The number of methoxy groups -OCH3 is 1. The van der Waals surface area contributed by atoms with E-state index in [0.717, 1.165) is 16.6 Å². The van der Waals surface area contributed by atoms with E-state index in [-0.39, 0.29) is 11.3 Å². The van der Waals surface area contributed by atoms with Crippen LogP contribution in [0.3, 0.4) is 0 Å². The van der Waals surface area contributed by atoms with Crippen molar-refractivity contribution in [3.8, 4) is 0 Å². The lowest BCUT2D eigenvalue weighted by molar-refractivity contribution is -0.384. The molecular weight excluding hydrogens is 376 g/mol. The van der Waals surface area contributed by atoms with Crippen LogP contribution in [0.25, 0.3) is 10.9 Å². The van der Waals surface area contributed by atoms with Crippen molar-refractivity contribution in [3.05, 3.63) is 68.9 Å². The van der Waals surface area contributed by atoms with Gasteiger partial charge in [0.15, 0.2) is 0 Å². The van der Waals surface area contributed by atoms with Gasteiger partial charge in [0.05, 0.1) is 23.1 Å². The molecule has 0 spiro atoms. The maximum atomic E-state index is 12.1. The molecule has 0 bridgehead atoms. The number of nitro benzene ring substituents is 1. The second-order valence-corrected chi connectivity index (χ2v) is 6.80. The first-order valence-corrected chi connectivity index (χ1v) is 8.94. The third-order valence-electron chi connectivity index (χ3n) is 5.21. The molecule has 0 atom stereocenters. The molecule has 1 amide bonds. The number of nitrogens with zero attached hydrogens (tertiary/aromatic N) is 2. The van der Waals surface area contributed by atoms with Crippen LogP contribution in [0.1, 0.15) is 32.0 Å². The summed E-state index contributed by atoms with van der Waals surface area (Å²) in [4.78, 5) is 39.7. The number of nitro groups is 1. The molecule has 9 heteroatoms. The topological polar surface area (TPSA) is 132 Å². The SMILES string of the molecule is COC(=O)c1cccc2c3c([nH]c12)CCN(c1ccc(C(N)=O)cc1[N+](=O)[O-])C3. The predicted octanol–water partition coefficient (Wildman–Crippen LogP) is 2.52. The minimum Gasteiger partial charge on any atom is -0.465 e. The van der Waals surface area contributed by atoms with Gasteiger partial charge in [-0.3, -0.25) is 14.9 Å². The van der Waals surface area contributed by atoms with Gasteiger partial charge in [0.25, 0.3) is 5.69 Å². The predicted molar refractivity (Wildman–Crippen MR) is 106 cm³/mol. The number of aromatic nitrogens is 1. The number of carbonyl (C=O) groups excluding carboxylic acids is 2. The number of hydrogen-bond donors (Lipinski definition) is 2. The van der Waals surface area contributed by atoms with Gasteiger partial charge in [0.2, 0.25) is 5.91 Å². The molecule has 9 nitrogen and oxygen atoms in total. The summed E-state index contributed by atoms with van der Waals surface area (Å²) < 4.78 is 4.86. The van der Waals surface area contributed by atoms with Gasteiger partial charge in [-0.1, -0.05) is 12.1 Å². The molecule has 0 saturated carbocycles. The summed E-state index contributed by atoms with van der Waals surface area (Å²) in [6.07, 6.45) is 0.624. The van der Waals surface area contributed by atoms with E-state index in [1.807, 2.05) is 11.0 Å². The number of para-hydroxylation sites is 1. The Balaban J connectivity index is 1.77. The van der Waals surface area contributed by atoms with Gasteiger partial charge in [-0.25, -0.2) is 4.79 Å². The lowest BCUT2D eigenvalue weighted by Crippen LogP contribution is -2.30. The Bertz CT molecular complexity index is 1170. The van der Waals surface area contributed by atoms with Gasteiger partial charge >= 0.3 is 5.97 Å². The second kappa shape index (κ2) is 6.93. The molecule has 0 saturated heterocycles. The quantitative estimate of drug-likeness (QED) is 0.397. The van der Waals surface area contributed by atoms with Crippen LogP contribution in [-0.2, 0) is 17.7 Å². The normalized spacial score (nSPS) is 13.2. The molecule has 1 aliphatic rings. The van der Waals surface area contributed by atoms with Crippen molar-refractivity contribution in [2.45, 2.75) is 13.0 Å². The summed E-state index contributed by atoms with van der Waals surface area (Å²) in [6.45, 7) is 0.973. The molecule has 0 radical (unpaired) electrons. The smallest absolute Gasteiger partial charge is 0.339 e. The number of nitrogens with one attached hydrogen (secondary N) is 1. The number of rotatable bonds is 4. The number of fused-ring (bicyclic) bond motifs is 3. The summed E-state index contributed by atoms with van der Waals surface area (Å²) in [5.41, 5.74) is 8.71. The average molecular weight is 394 g/mol. The lowest BCUT2D eigenvalue weighted by atomic mass is 10.0. The number of anilines is 1. The van der Waals surface area contributed by atoms with Crippen LogP contribution in [0.15, 0.2) is 36.4 Å². The van der Waals surface area contributed by atoms with Gasteiger partial charge in [-0.15, -0.1) is 0 Å². The van der Waals surface area contributed by atoms with E-state index in [0.29, 0.717) is 36.3 Å². The molecule has 0 unspecified atom stereocenters. The van der Waals surface area contributed by atoms with E-state index >= 15 is 0 Å². The van der Waals surface area contributed by atoms with Crippen LogP contribution in [0.5, 0.6) is 0 Å². The van der Waals surface area contributed by atoms with Gasteiger partial charge in [0, 0.05) is 47.8 Å². The first-order chi connectivity index (χ1) is 13.9. The number of esters is 1. The van der Waals surface area contributed by atoms with E-state index in [4.69, 9.17) is 10.5 Å². The molecule has 29 heavy (non-hydrogen) atoms. The maximum Gasteiger partial charge on any atom is 0.339 e. The van der Waals surface area contributed by atoms with Crippen molar-refractivity contribution in [3.63, 3.8) is 0 Å². The highest BCUT2D eigenvalue weighted by Crippen LogP contribution is 2.36. The number of carbonyl (C=O) groups is 2. The van der Waals surface area contributed by atoms with Gasteiger partial charge in [-0.05, 0) is 18.2 Å².